The summed E-state index contributed by atoms with van der Waals surface area (Å²) in [5, 5.41) is 2.86. The maximum atomic E-state index is 13.0. The number of hydrogen-bond acceptors (Lipinski definition) is 4. The summed E-state index contributed by atoms with van der Waals surface area (Å²) in [6, 6.07) is 13.6. The Morgan fingerprint density at radius 3 is 2.34 bits per heavy atom. The summed E-state index contributed by atoms with van der Waals surface area (Å²) in [7, 11) is -3.74. The molecule has 3 rings (SSSR count). The molecular formula is C21H25N3O4S. The highest BCUT2D eigenvalue weighted by molar-refractivity contribution is 7.89. The van der Waals surface area contributed by atoms with Gasteiger partial charge in [0.05, 0.1) is 4.90 Å². The van der Waals surface area contributed by atoms with E-state index in [1.165, 1.54) is 23.4 Å². The zero-order valence-corrected chi connectivity index (χ0v) is 17.4. The van der Waals surface area contributed by atoms with Crippen LogP contribution in [0.15, 0.2) is 53.4 Å². The smallest absolute Gasteiger partial charge is 0.255 e. The fourth-order valence-electron chi connectivity index (χ4n) is 3.34. The normalized spacial score (nSPS) is 15.2. The predicted molar refractivity (Wildman–Crippen MR) is 111 cm³/mol. The molecule has 2 amide bonds. The minimum absolute atomic E-state index is 0.0620. The van der Waals surface area contributed by atoms with Gasteiger partial charge in [-0.25, -0.2) is 8.42 Å². The van der Waals surface area contributed by atoms with Crippen LogP contribution in [-0.4, -0.2) is 55.6 Å². The van der Waals surface area contributed by atoms with E-state index in [0.717, 1.165) is 12.0 Å². The summed E-state index contributed by atoms with van der Waals surface area (Å²) < 4.78 is 27.3. The zero-order valence-electron chi connectivity index (χ0n) is 16.6. The number of carbonyl (C=O) groups excluding carboxylic acids is 2. The summed E-state index contributed by atoms with van der Waals surface area (Å²) >= 11 is 0. The molecule has 0 radical (unpaired) electrons. The first kappa shape index (κ1) is 21.0. The van der Waals surface area contributed by atoms with E-state index in [-0.39, 0.29) is 35.4 Å². The topological polar surface area (TPSA) is 86.8 Å². The van der Waals surface area contributed by atoms with E-state index < -0.39 is 10.0 Å². The summed E-state index contributed by atoms with van der Waals surface area (Å²) in [6.45, 7) is 4.68. The Hall–Kier alpha value is -2.71. The molecule has 1 aliphatic heterocycles. The maximum Gasteiger partial charge on any atom is 0.255 e. The van der Waals surface area contributed by atoms with Crippen LogP contribution in [0.2, 0.25) is 0 Å². The number of piperazine rings is 1. The molecule has 0 aliphatic carbocycles. The van der Waals surface area contributed by atoms with Gasteiger partial charge >= 0.3 is 0 Å². The average molecular weight is 416 g/mol. The largest absolute Gasteiger partial charge is 0.340 e. The molecular weight excluding hydrogens is 390 g/mol. The van der Waals surface area contributed by atoms with Crippen LogP contribution in [0.25, 0.3) is 0 Å². The molecule has 1 aliphatic rings. The van der Waals surface area contributed by atoms with Crippen molar-refractivity contribution >= 4 is 27.5 Å². The Morgan fingerprint density at radius 2 is 1.69 bits per heavy atom. The molecule has 2 aromatic rings. The lowest BCUT2D eigenvalue weighted by molar-refractivity contribution is -0.129. The Morgan fingerprint density at radius 1 is 1.00 bits per heavy atom. The van der Waals surface area contributed by atoms with Crippen LogP contribution in [0, 0.1) is 0 Å². The van der Waals surface area contributed by atoms with E-state index in [0.29, 0.717) is 18.8 Å². The van der Waals surface area contributed by atoms with Crippen LogP contribution >= 0.6 is 0 Å². The van der Waals surface area contributed by atoms with Crippen molar-refractivity contribution in [3.05, 3.63) is 59.7 Å². The summed E-state index contributed by atoms with van der Waals surface area (Å²) in [4.78, 5) is 25.8. The van der Waals surface area contributed by atoms with E-state index >= 15 is 0 Å². The number of rotatable bonds is 5. The number of aryl methyl sites for hydroxylation is 1. The van der Waals surface area contributed by atoms with Crippen LogP contribution < -0.4 is 5.32 Å². The van der Waals surface area contributed by atoms with Crippen molar-refractivity contribution in [1.29, 1.82) is 0 Å². The van der Waals surface area contributed by atoms with Crippen molar-refractivity contribution in [3.63, 3.8) is 0 Å². The molecule has 1 fully saturated rings. The van der Waals surface area contributed by atoms with Crippen molar-refractivity contribution in [1.82, 2.24) is 9.21 Å². The number of hydrogen-bond donors (Lipinski definition) is 1. The predicted octanol–water partition coefficient (Wildman–Crippen LogP) is 2.35. The van der Waals surface area contributed by atoms with E-state index in [1.807, 2.05) is 31.2 Å². The SMILES string of the molecule is CCc1ccccc1NC(=O)c1cccc(S(=O)(=O)N2CCN(C(C)=O)CC2)c1. The first-order valence-electron chi connectivity index (χ1n) is 9.58. The van der Waals surface area contributed by atoms with Gasteiger partial charge in [-0.1, -0.05) is 31.2 Å². The fraction of sp³-hybridized carbons (Fsp3) is 0.333. The highest BCUT2D eigenvalue weighted by atomic mass is 32.2. The van der Waals surface area contributed by atoms with Gasteiger partial charge in [0.25, 0.3) is 5.91 Å². The van der Waals surface area contributed by atoms with Gasteiger partial charge in [-0.2, -0.15) is 4.31 Å². The summed E-state index contributed by atoms with van der Waals surface area (Å²) in [6.07, 6.45) is 0.775. The Kier molecular flexibility index (Phi) is 6.34. The second-order valence-electron chi connectivity index (χ2n) is 6.90. The van der Waals surface area contributed by atoms with Gasteiger partial charge in [-0.3, -0.25) is 9.59 Å². The monoisotopic (exact) mass is 415 g/mol. The van der Waals surface area contributed by atoms with Crippen LogP contribution in [0.5, 0.6) is 0 Å². The number of anilines is 1. The van der Waals surface area contributed by atoms with Crippen LogP contribution in [0.3, 0.4) is 0 Å². The lowest BCUT2D eigenvalue weighted by atomic mass is 10.1. The van der Waals surface area contributed by atoms with E-state index in [2.05, 4.69) is 5.32 Å². The maximum absolute atomic E-state index is 13.0. The Labute approximate surface area is 171 Å². The number of carbonyl (C=O) groups is 2. The van der Waals surface area contributed by atoms with E-state index in [4.69, 9.17) is 0 Å². The van der Waals surface area contributed by atoms with Crippen LogP contribution in [0.4, 0.5) is 5.69 Å². The van der Waals surface area contributed by atoms with E-state index in [1.54, 1.807) is 17.0 Å². The molecule has 0 atom stereocenters. The third kappa shape index (κ3) is 4.65. The van der Waals surface area contributed by atoms with Gasteiger partial charge in [0.15, 0.2) is 0 Å². The van der Waals surface area contributed by atoms with Gasteiger partial charge in [0, 0.05) is 44.4 Å². The minimum Gasteiger partial charge on any atom is -0.340 e. The van der Waals surface area contributed by atoms with Crippen LogP contribution in [0.1, 0.15) is 29.8 Å². The molecule has 1 saturated heterocycles. The zero-order chi connectivity index (χ0) is 21.0. The minimum atomic E-state index is -3.74. The molecule has 0 aromatic heterocycles. The lowest BCUT2D eigenvalue weighted by Crippen LogP contribution is -2.49. The number of para-hydroxylation sites is 1. The highest BCUT2D eigenvalue weighted by Crippen LogP contribution is 2.21. The second-order valence-corrected chi connectivity index (χ2v) is 8.84. The van der Waals surface area contributed by atoms with Crippen molar-refractivity contribution in [2.24, 2.45) is 0 Å². The Bertz CT molecular complexity index is 1010. The number of benzene rings is 2. The number of sulfonamides is 1. The first-order valence-corrected chi connectivity index (χ1v) is 11.0. The molecule has 7 nitrogen and oxygen atoms in total. The first-order chi connectivity index (χ1) is 13.8. The van der Waals surface area contributed by atoms with E-state index in [9.17, 15) is 18.0 Å². The molecule has 1 heterocycles. The molecule has 154 valence electrons. The van der Waals surface area contributed by atoms with Crippen molar-refractivity contribution in [3.8, 4) is 0 Å². The highest BCUT2D eigenvalue weighted by Gasteiger charge is 2.29. The van der Waals surface area contributed by atoms with Crippen molar-refractivity contribution in [2.75, 3.05) is 31.5 Å². The molecule has 2 aromatic carbocycles. The number of nitrogens with zero attached hydrogens (tertiary/aromatic N) is 2. The lowest BCUT2D eigenvalue weighted by Gasteiger charge is -2.33. The molecule has 0 bridgehead atoms. The standard InChI is InChI=1S/C21H25N3O4S/c1-3-17-7-4-5-10-20(17)22-21(26)18-8-6-9-19(15-18)29(27,28)24-13-11-23(12-14-24)16(2)25/h4-10,15H,3,11-14H2,1-2H3,(H,22,26). The molecule has 8 heteroatoms. The molecule has 1 N–H and O–H groups in total. The van der Waals surface area contributed by atoms with Crippen molar-refractivity contribution in [2.45, 2.75) is 25.2 Å². The van der Waals surface area contributed by atoms with Gasteiger partial charge in [-0.05, 0) is 36.2 Å². The van der Waals surface area contributed by atoms with Gasteiger partial charge in [0.1, 0.15) is 0 Å². The van der Waals surface area contributed by atoms with Gasteiger partial charge < -0.3 is 10.2 Å². The molecule has 0 unspecified atom stereocenters. The summed E-state index contributed by atoms with van der Waals surface area (Å²) in [5.41, 5.74) is 2.00. The summed E-state index contributed by atoms with van der Waals surface area (Å²) in [5.74, 6) is -0.419. The van der Waals surface area contributed by atoms with Gasteiger partial charge in [-0.15, -0.1) is 0 Å². The van der Waals surface area contributed by atoms with Crippen LogP contribution in [-0.2, 0) is 21.2 Å². The number of nitrogens with one attached hydrogen (secondary N) is 1. The molecule has 29 heavy (non-hydrogen) atoms. The quantitative estimate of drug-likeness (QED) is 0.812. The van der Waals surface area contributed by atoms with Gasteiger partial charge in [0.2, 0.25) is 15.9 Å². The molecule has 0 saturated carbocycles. The third-order valence-corrected chi connectivity index (χ3v) is 6.96. The second kappa shape index (κ2) is 8.75. The Balaban J connectivity index is 1.78. The molecule has 0 spiro atoms. The van der Waals surface area contributed by atoms with Crippen molar-refractivity contribution < 1.29 is 18.0 Å². The number of amides is 2. The average Bonchev–Trinajstić information content (AvgIpc) is 2.74. The fourth-order valence-corrected chi connectivity index (χ4v) is 4.80. The third-order valence-electron chi connectivity index (χ3n) is 5.06.